The molecule has 0 unspecified atom stereocenters. The number of alkyl halides is 3. The Morgan fingerprint density at radius 2 is 2.06 bits per heavy atom. The fraction of sp³-hybridized carbons (Fsp3) is 0.545. The predicted octanol–water partition coefficient (Wildman–Crippen LogP) is 4.23. The van der Waals surface area contributed by atoms with E-state index in [1.54, 1.807) is 26.8 Å². The van der Waals surface area contributed by atoms with Crippen molar-refractivity contribution in [1.82, 2.24) is 4.90 Å². The molecule has 0 saturated carbocycles. The van der Waals surface area contributed by atoms with E-state index < -0.39 is 24.7 Å². The maximum Gasteiger partial charge on any atom is 0.406 e. The minimum absolute atomic E-state index is 0.317. The summed E-state index contributed by atoms with van der Waals surface area (Å²) < 4.78 is 38.0. The van der Waals surface area contributed by atoms with Crippen LogP contribution in [0.4, 0.5) is 13.2 Å². The lowest BCUT2D eigenvalue weighted by molar-refractivity contribution is -0.143. The van der Waals surface area contributed by atoms with Crippen molar-refractivity contribution in [2.24, 2.45) is 0 Å². The number of carbonyl (C=O) groups excluding carboxylic acids is 1. The Bertz CT molecular complexity index is 422. The Labute approximate surface area is 116 Å². The van der Waals surface area contributed by atoms with Crippen LogP contribution in [0.25, 0.3) is 0 Å². The summed E-state index contributed by atoms with van der Waals surface area (Å²) in [5.74, 6) is -0.582. The van der Waals surface area contributed by atoms with E-state index in [-0.39, 0.29) is 0 Å². The zero-order valence-corrected chi connectivity index (χ0v) is 12.5. The van der Waals surface area contributed by atoms with E-state index in [1.807, 2.05) is 0 Å². The molecule has 1 aromatic rings. The third kappa shape index (κ3) is 3.98. The largest absolute Gasteiger partial charge is 0.406 e. The van der Waals surface area contributed by atoms with Gasteiger partial charge in [0.15, 0.2) is 0 Å². The molecule has 1 rings (SSSR count). The first-order chi connectivity index (χ1) is 8.11. The fourth-order valence-electron chi connectivity index (χ4n) is 1.39. The highest BCUT2D eigenvalue weighted by molar-refractivity contribution is 9.11. The molecule has 0 radical (unpaired) electrons. The second-order valence-corrected chi connectivity index (χ2v) is 6.58. The van der Waals surface area contributed by atoms with Crippen molar-refractivity contribution in [2.75, 3.05) is 6.54 Å². The van der Waals surface area contributed by atoms with Crippen LogP contribution in [0, 0.1) is 6.92 Å². The van der Waals surface area contributed by atoms with Gasteiger partial charge < -0.3 is 4.90 Å². The van der Waals surface area contributed by atoms with Gasteiger partial charge in [-0.25, -0.2) is 0 Å². The summed E-state index contributed by atoms with van der Waals surface area (Å²) in [6.45, 7) is 3.71. The molecule has 2 nitrogen and oxygen atoms in total. The van der Waals surface area contributed by atoms with Crippen LogP contribution in [0.2, 0.25) is 0 Å². The summed E-state index contributed by atoms with van der Waals surface area (Å²) in [6.07, 6.45) is -4.39. The molecule has 1 heterocycles. The molecule has 0 aliphatic rings. The zero-order chi connectivity index (χ0) is 14.1. The van der Waals surface area contributed by atoms with Crippen LogP contribution in [0.15, 0.2) is 9.85 Å². The minimum atomic E-state index is -4.39. The zero-order valence-electron chi connectivity index (χ0n) is 10.1. The first kappa shape index (κ1) is 15.5. The molecule has 7 heteroatoms. The molecule has 102 valence electrons. The fourth-order valence-corrected chi connectivity index (χ4v) is 2.88. The number of carbonyl (C=O) groups is 1. The monoisotopic (exact) mass is 343 g/mol. The molecule has 0 aliphatic heterocycles. The molecule has 0 fully saturated rings. The Hall–Kier alpha value is -0.560. The van der Waals surface area contributed by atoms with E-state index in [0.717, 1.165) is 25.6 Å². The number of hydrogen-bond acceptors (Lipinski definition) is 2. The van der Waals surface area contributed by atoms with Crippen molar-refractivity contribution in [2.45, 2.75) is 33.0 Å². The first-order valence-corrected chi connectivity index (χ1v) is 6.86. The number of hydrogen-bond donors (Lipinski definition) is 0. The van der Waals surface area contributed by atoms with E-state index in [0.29, 0.717) is 4.88 Å². The van der Waals surface area contributed by atoms with Crippen LogP contribution < -0.4 is 0 Å². The Balaban J connectivity index is 2.96. The lowest BCUT2D eigenvalue weighted by atomic mass is 10.2. The van der Waals surface area contributed by atoms with E-state index in [9.17, 15) is 18.0 Å². The molecule has 1 aromatic heterocycles. The molecule has 0 aliphatic carbocycles. The highest BCUT2D eigenvalue weighted by atomic mass is 79.9. The van der Waals surface area contributed by atoms with E-state index in [1.165, 1.54) is 0 Å². The normalized spacial score (nSPS) is 12.0. The maximum atomic E-state index is 12.4. The van der Waals surface area contributed by atoms with Gasteiger partial charge in [-0.1, -0.05) is 0 Å². The molecule has 0 aromatic carbocycles. The van der Waals surface area contributed by atoms with Crippen molar-refractivity contribution in [3.8, 4) is 0 Å². The smallest absolute Gasteiger partial charge is 0.326 e. The summed E-state index contributed by atoms with van der Waals surface area (Å²) in [4.78, 5) is 13.2. The van der Waals surface area contributed by atoms with Crippen LogP contribution in [0.5, 0.6) is 0 Å². The Morgan fingerprint density at radius 1 is 1.50 bits per heavy atom. The Kier molecular flexibility index (Phi) is 4.83. The average molecular weight is 344 g/mol. The van der Waals surface area contributed by atoms with Gasteiger partial charge in [0.05, 0.1) is 8.66 Å². The second-order valence-electron chi connectivity index (χ2n) is 4.21. The summed E-state index contributed by atoms with van der Waals surface area (Å²) in [5.41, 5.74) is 0.846. The first-order valence-electron chi connectivity index (χ1n) is 5.25. The van der Waals surface area contributed by atoms with E-state index in [2.05, 4.69) is 15.9 Å². The number of nitrogens with zero attached hydrogens (tertiary/aromatic N) is 1. The van der Waals surface area contributed by atoms with Crippen molar-refractivity contribution >= 4 is 33.2 Å². The van der Waals surface area contributed by atoms with Gasteiger partial charge in [-0.3, -0.25) is 4.79 Å². The summed E-state index contributed by atoms with van der Waals surface area (Å²) in [5, 5.41) is 0. The van der Waals surface area contributed by atoms with Gasteiger partial charge in [0.2, 0.25) is 0 Å². The number of thiophene rings is 1. The molecule has 18 heavy (non-hydrogen) atoms. The summed E-state index contributed by atoms with van der Waals surface area (Å²) >= 11 is 4.41. The van der Waals surface area contributed by atoms with Gasteiger partial charge in [-0.15, -0.1) is 11.3 Å². The lowest BCUT2D eigenvalue weighted by Gasteiger charge is -2.27. The van der Waals surface area contributed by atoms with E-state index in [4.69, 9.17) is 0 Å². The number of halogens is 4. The summed E-state index contributed by atoms with van der Waals surface area (Å²) in [7, 11) is 0. The third-order valence-electron chi connectivity index (χ3n) is 2.30. The van der Waals surface area contributed by atoms with Crippen molar-refractivity contribution in [1.29, 1.82) is 0 Å². The standard InChI is InChI=1S/C11H13BrF3NOS/c1-6(2)16(5-11(13,14)15)10(17)8-4-7(3)9(12)18-8/h4,6H,5H2,1-3H3. The van der Waals surface area contributed by atoms with Crippen LogP contribution in [-0.4, -0.2) is 29.6 Å². The van der Waals surface area contributed by atoms with Crippen LogP contribution in [0.3, 0.4) is 0 Å². The van der Waals surface area contributed by atoms with Gasteiger partial charge in [0, 0.05) is 6.04 Å². The Morgan fingerprint density at radius 3 is 2.39 bits per heavy atom. The van der Waals surface area contributed by atoms with E-state index >= 15 is 0 Å². The molecule has 0 N–H and O–H groups in total. The maximum absolute atomic E-state index is 12.4. The number of aryl methyl sites for hydroxylation is 1. The quantitative estimate of drug-likeness (QED) is 0.804. The van der Waals surface area contributed by atoms with Gasteiger partial charge in [0.1, 0.15) is 6.54 Å². The van der Waals surface area contributed by atoms with Gasteiger partial charge >= 0.3 is 6.18 Å². The SMILES string of the molecule is Cc1cc(C(=O)N(CC(F)(F)F)C(C)C)sc1Br. The van der Waals surface area contributed by atoms with Gasteiger partial charge in [-0.2, -0.15) is 13.2 Å². The van der Waals surface area contributed by atoms with Crippen molar-refractivity contribution in [3.05, 3.63) is 20.3 Å². The third-order valence-corrected chi connectivity index (χ3v) is 4.43. The van der Waals surface area contributed by atoms with Crippen molar-refractivity contribution < 1.29 is 18.0 Å². The highest BCUT2D eigenvalue weighted by Gasteiger charge is 2.35. The second kappa shape index (κ2) is 5.61. The predicted molar refractivity (Wildman–Crippen MR) is 69.0 cm³/mol. The minimum Gasteiger partial charge on any atom is -0.326 e. The molecule has 0 bridgehead atoms. The molecule has 0 spiro atoms. The highest BCUT2D eigenvalue weighted by Crippen LogP contribution is 2.29. The molecular weight excluding hydrogens is 331 g/mol. The molecule has 0 atom stereocenters. The number of amides is 1. The van der Waals surface area contributed by atoms with Gasteiger partial charge in [0.25, 0.3) is 5.91 Å². The van der Waals surface area contributed by atoms with Crippen LogP contribution in [-0.2, 0) is 0 Å². The van der Waals surface area contributed by atoms with Crippen molar-refractivity contribution in [3.63, 3.8) is 0 Å². The molecular formula is C11H13BrF3NOS. The van der Waals surface area contributed by atoms with Gasteiger partial charge in [-0.05, 0) is 48.3 Å². The molecule has 0 saturated heterocycles. The van der Waals surface area contributed by atoms with Crippen LogP contribution >= 0.6 is 27.3 Å². The number of rotatable bonds is 3. The summed E-state index contributed by atoms with van der Waals surface area (Å²) in [6, 6.07) is 1.10. The lowest BCUT2D eigenvalue weighted by Crippen LogP contribution is -2.43. The topological polar surface area (TPSA) is 20.3 Å². The van der Waals surface area contributed by atoms with Crippen LogP contribution in [0.1, 0.15) is 29.1 Å². The molecule has 1 amide bonds. The average Bonchev–Trinajstić information content (AvgIpc) is 2.53.